The summed E-state index contributed by atoms with van der Waals surface area (Å²) in [7, 11) is 1.63. The maximum absolute atomic E-state index is 12.7. The van der Waals surface area contributed by atoms with Crippen LogP contribution in [0.5, 0.6) is 11.5 Å². The Balaban J connectivity index is 1.71. The predicted octanol–water partition coefficient (Wildman–Crippen LogP) is 3.31. The van der Waals surface area contributed by atoms with Crippen LogP contribution in [0, 0.1) is 0 Å². The molecule has 7 heteroatoms. The van der Waals surface area contributed by atoms with Gasteiger partial charge in [0.1, 0.15) is 22.7 Å². The second-order valence-corrected chi connectivity index (χ2v) is 8.96. The molecule has 1 aromatic heterocycles. The second-order valence-electron chi connectivity index (χ2n) is 8.96. The van der Waals surface area contributed by atoms with Gasteiger partial charge in [-0.1, -0.05) is 0 Å². The fourth-order valence-electron chi connectivity index (χ4n) is 4.47. The van der Waals surface area contributed by atoms with Crippen LogP contribution in [-0.2, 0) is 28.8 Å². The summed E-state index contributed by atoms with van der Waals surface area (Å²) < 4.78 is 23.0. The van der Waals surface area contributed by atoms with Crippen molar-refractivity contribution in [1.29, 1.82) is 0 Å². The van der Waals surface area contributed by atoms with Crippen LogP contribution in [0.3, 0.4) is 0 Å². The Morgan fingerprint density at radius 1 is 1.16 bits per heavy atom. The zero-order chi connectivity index (χ0) is 22.0. The Kier molecular flexibility index (Phi) is 6.23. The standard InChI is InChI=1S/C24H31NO6/c1-24(2)10-9-17-18(31-24)13-19(29-14-20(26)25-11-6-12-28-3)21-15-7-4-5-8-16(15)23(27)30-22(17)21/h13H,4-12,14H2,1-3H3,(H,25,26). The van der Waals surface area contributed by atoms with Crippen molar-refractivity contribution in [1.82, 2.24) is 5.32 Å². The van der Waals surface area contributed by atoms with Crippen molar-refractivity contribution in [2.24, 2.45) is 0 Å². The molecule has 31 heavy (non-hydrogen) atoms. The van der Waals surface area contributed by atoms with E-state index in [1.165, 1.54) is 0 Å². The van der Waals surface area contributed by atoms with E-state index in [0.29, 0.717) is 36.7 Å². The minimum Gasteiger partial charge on any atom is -0.487 e. The molecule has 0 saturated carbocycles. The highest BCUT2D eigenvalue weighted by Crippen LogP contribution is 2.44. The molecule has 0 atom stereocenters. The molecule has 0 unspecified atom stereocenters. The number of nitrogens with one attached hydrogen (secondary N) is 1. The summed E-state index contributed by atoms with van der Waals surface area (Å²) in [5, 5.41) is 3.66. The van der Waals surface area contributed by atoms with Gasteiger partial charge in [-0.15, -0.1) is 0 Å². The number of methoxy groups -OCH3 is 1. The van der Waals surface area contributed by atoms with Gasteiger partial charge in [0.2, 0.25) is 0 Å². The van der Waals surface area contributed by atoms with E-state index < -0.39 is 0 Å². The molecule has 0 saturated heterocycles. The van der Waals surface area contributed by atoms with E-state index in [-0.39, 0.29) is 23.7 Å². The molecule has 1 aromatic carbocycles. The Bertz CT molecular complexity index is 1040. The molecule has 1 N–H and O–H groups in total. The number of amides is 1. The molecule has 0 bridgehead atoms. The zero-order valence-corrected chi connectivity index (χ0v) is 18.6. The SMILES string of the molecule is COCCCNC(=O)COc1cc2c(c3oc(=O)c4c(c13)CCCC4)CCC(C)(C)O2. The average Bonchev–Trinajstić information content (AvgIpc) is 2.74. The molecule has 7 nitrogen and oxygen atoms in total. The van der Waals surface area contributed by atoms with Crippen LogP contribution >= 0.6 is 0 Å². The molecule has 0 spiro atoms. The largest absolute Gasteiger partial charge is 0.487 e. The zero-order valence-electron chi connectivity index (χ0n) is 18.6. The van der Waals surface area contributed by atoms with Gasteiger partial charge in [-0.25, -0.2) is 4.79 Å². The van der Waals surface area contributed by atoms with Crippen molar-refractivity contribution < 1.29 is 23.4 Å². The third kappa shape index (κ3) is 4.56. The summed E-state index contributed by atoms with van der Waals surface area (Å²) in [4.78, 5) is 25.0. The number of fused-ring (bicyclic) bond motifs is 5. The van der Waals surface area contributed by atoms with Crippen molar-refractivity contribution in [3.05, 3.63) is 33.2 Å². The number of hydrogen-bond acceptors (Lipinski definition) is 6. The lowest BCUT2D eigenvalue weighted by Gasteiger charge is -2.33. The Hall–Kier alpha value is -2.54. The molecule has 1 amide bonds. The fourth-order valence-corrected chi connectivity index (χ4v) is 4.47. The van der Waals surface area contributed by atoms with Crippen molar-refractivity contribution in [3.63, 3.8) is 0 Å². The van der Waals surface area contributed by atoms with Crippen molar-refractivity contribution in [2.75, 3.05) is 26.9 Å². The van der Waals surface area contributed by atoms with Gasteiger partial charge < -0.3 is 23.9 Å². The number of benzene rings is 1. The molecule has 2 heterocycles. The molecule has 0 fully saturated rings. The summed E-state index contributed by atoms with van der Waals surface area (Å²) in [6.45, 7) is 5.09. The third-order valence-electron chi connectivity index (χ3n) is 6.09. The number of carbonyl (C=O) groups is 1. The first-order valence-corrected chi connectivity index (χ1v) is 11.1. The van der Waals surface area contributed by atoms with Gasteiger partial charge in [0.25, 0.3) is 5.91 Å². The van der Waals surface area contributed by atoms with Gasteiger partial charge in [-0.05, 0) is 64.4 Å². The first kappa shape index (κ1) is 21.7. The highest BCUT2D eigenvalue weighted by atomic mass is 16.5. The van der Waals surface area contributed by atoms with E-state index >= 15 is 0 Å². The summed E-state index contributed by atoms with van der Waals surface area (Å²) >= 11 is 0. The van der Waals surface area contributed by atoms with E-state index in [0.717, 1.165) is 60.6 Å². The maximum atomic E-state index is 12.7. The summed E-state index contributed by atoms with van der Waals surface area (Å²) in [6, 6.07) is 1.87. The number of rotatable bonds is 7. The first-order chi connectivity index (χ1) is 14.9. The van der Waals surface area contributed by atoms with Crippen LogP contribution in [0.4, 0.5) is 0 Å². The van der Waals surface area contributed by atoms with E-state index in [2.05, 4.69) is 5.32 Å². The Morgan fingerprint density at radius 3 is 2.71 bits per heavy atom. The second kappa shape index (κ2) is 8.91. The summed E-state index contributed by atoms with van der Waals surface area (Å²) in [5.74, 6) is 1.01. The number of aryl methyl sites for hydroxylation is 2. The van der Waals surface area contributed by atoms with E-state index in [4.69, 9.17) is 18.6 Å². The lowest BCUT2D eigenvalue weighted by Crippen LogP contribution is -2.33. The molecular formula is C24H31NO6. The summed E-state index contributed by atoms with van der Waals surface area (Å²) in [5.41, 5.74) is 2.63. The van der Waals surface area contributed by atoms with Gasteiger partial charge in [0, 0.05) is 37.5 Å². The van der Waals surface area contributed by atoms with Crippen molar-refractivity contribution >= 4 is 16.9 Å². The minimum atomic E-state index is -0.314. The van der Waals surface area contributed by atoms with Crippen LogP contribution in [0.2, 0.25) is 0 Å². The smallest absolute Gasteiger partial charge is 0.339 e. The Morgan fingerprint density at radius 2 is 1.94 bits per heavy atom. The van der Waals surface area contributed by atoms with Gasteiger partial charge in [-0.3, -0.25) is 4.79 Å². The monoisotopic (exact) mass is 429 g/mol. The lowest BCUT2D eigenvalue weighted by molar-refractivity contribution is -0.123. The van der Waals surface area contributed by atoms with Gasteiger partial charge in [0.05, 0.1) is 5.39 Å². The molecule has 2 aliphatic rings. The topological polar surface area (TPSA) is 87.0 Å². The number of hydrogen-bond donors (Lipinski definition) is 1. The predicted molar refractivity (Wildman–Crippen MR) is 117 cm³/mol. The average molecular weight is 430 g/mol. The highest BCUT2D eigenvalue weighted by molar-refractivity contribution is 5.92. The minimum absolute atomic E-state index is 0.113. The number of carbonyl (C=O) groups excluding carboxylic acids is 1. The fraction of sp³-hybridized carbons (Fsp3) is 0.583. The van der Waals surface area contributed by atoms with Crippen LogP contribution in [0.25, 0.3) is 11.0 Å². The first-order valence-electron chi connectivity index (χ1n) is 11.1. The molecule has 0 radical (unpaired) electrons. The van der Waals surface area contributed by atoms with E-state index in [9.17, 15) is 9.59 Å². The molecule has 168 valence electrons. The molecule has 1 aliphatic heterocycles. The third-order valence-corrected chi connectivity index (χ3v) is 6.09. The molecular weight excluding hydrogens is 398 g/mol. The summed E-state index contributed by atoms with van der Waals surface area (Å²) in [6.07, 6.45) is 5.86. The number of ether oxygens (including phenoxy) is 3. The van der Waals surface area contributed by atoms with Gasteiger partial charge in [0.15, 0.2) is 6.61 Å². The highest BCUT2D eigenvalue weighted by Gasteiger charge is 2.32. The normalized spacial score (nSPS) is 16.9. The van der Waals surface area contributed by atoms with Crippen LogP contribution < -0.4 is 20.4 Å². The van der Waals surface area contributed by atoms with Crippen LogP contribution in [-0.4, -0.2) is 38.4 Å². The van der Waals surface area contributed by atoms with Crippen molar-refractivity contribution in [3.8, 4) is 11.5 Å². The molecule has 2 aromatic rings. The molecule has 4 rings (SSSR count). The quantitative estimate of drug-likeness (QED) is 0.537. The molecule has 1 aliphatic carbocycles. The van der Waals surface area contributed by atoms with Gasteiger partial charge in [-0.2, -0.15) is 0 Å². The van der Waals surface area contributed by atoms with Gasteiger partial charge >= 0.3 is 5.63 Å². The lowest BCUT2D eigenvalue weighted by atomic mass is 9.87. The van der Waals surface area contributed by atoms with E-state index in [1.807, 2.05) is 19.9 Å². The van der Waals surface area contributed by atoms with E-state index in [1.54, 1.807) is 7.11 Å². The Labute approximate surface area is 182 Å². The van der Waals surface area contributed by atoms with Crippen LogP contribution in [0.1, 0.15) is 56.2 Å². The maximum Gasteiger partial charge on any atom is 0.339 e. The van der Waals surface area contributed by atoms with Crippen LogP contribution in [0.15, 0.2) is 15.3 Å². The van der Waals surface area contributed by atoms with Crippen molar-refractivity contribution in [2.45, 2.75) is 64.4 Å².